The van der Waals surface area contributed by atoms with Gasteiger partial charge in [0, 0.05) is 12.5 Å². The number of carbonyl (C=O) groups excluding carboxylic acids is 1. The SMILES string of the molecule is O=C1C=CC2(C[C@H](O)[C@@H](c3ccccc3)O2)O1. The largest absolute Gasteiger partial charge is 0.426 e. The first-order valence-corrected chi connectivity index (χ1v) is 5.52. The first-order chi connectivity index (χ1) is 8.19. The summed E-state index contributed by atoms with van der Waals surface area (Å²) in [5.74, 6) is -1.50. The molecule has 0 radical (unpaired) electrons. The van der Waals surface area contributed by atoms with E-state index in [9.17, 15) is 9.90 Å². The molecule has 1 saturated heterocycles. The Morgan fingerprint density at radius 3 is 2.71 bits per heavy atom. The molecule has 0 saturated carbocycles. The molecular formula is C13H12O4. The number of hydrogen-bond acceptors (Lipinski definition) is 4. The van der Waals surface area contributed by atoms with Crippen molar-refractivity contribution in [3.05, 3.63) is 48.0 Å². The summed E-state index contributed by atoms with van der Waals surface area (Å²) in [4.78, 5) is 11.1. The Morgan fingerprint density at radius 2 is 2.06 bits per heavy atom. The number of hydrogen-bond donors (Lipinski definition) is 1. The van der Waals surface area contributed by atoms with Gasteiger partial charge >= 0.3 is 5.97 Å². The highest BCUT2D eigenvalue weighted by Crippen LogP contribution is 2.43. The number of ether oxygens (including phenoxy) is 2. The summed E-state index contributed by atoms with van der Waals surface area (Å²) < 4.78 is 10.8. The van der Waals surface area contributed by atoms with Gasteiger partial charge in [0.2, 0.25) is 5.79 Å². The predicted molar refractivity (Wildman–Crippen MR) is 58.9 cm³/mol. The molecule has 4 nitrogen and oxygen atoms in total. The molecule has 1 N–H and O–H groups in total. The highest BCUT2D eigenvalue weighted by molar-refractivity contribution is 5.85. The van der Waals surface area contributed by atoms with Crippen LogP contribution in [0.15, 0.2) is 42.5 Å². The summed E-state index contributed by atoms with van der Waals surface area (Å²) in [7, 11) is 0. The van der Waals surface area contributed by atoms with Crippen molar-refractivity contribution < 1.29 is 19.4 Å². The molecule has 1 aromatic rings. The zero-order valence-electron chi connectivity index (χ0n) is 9.08. The Bertz CT molecular complexity index is 468. The van der Waals surface area contributed by atoms with Crippen LogP contribution in [0.1, 0.15) is 18.1 Å². The Kier molecular flexibility index (Phi) is 2.28. The van der Waals surface area contributed by atoms with Crippen LogP contribution >= 0.6 is 0 Å². The van der Waals surface area contributed by atoms with Crippen LogP contribution in [0.2, 0.25) is 0 Å². The third kappa shape index (κ3) is 1.75. The predicted octanol–water partition coefficient (Wildman–Crippen LogP) is 1.32. The van der Waals surface area contributed by atoms with Gasteiger partial charge < -0.3 is 14.6 Å². The van der Waals surface area contributed by atoms with E-state index in [4.69, 9.17) is 9.47 Å². The van der Waals surface area contributed by atoms with Crippen LogP contribution in [-0.4, -0.2) is 23.0 Å². The lowest BCUT2D eigenvalue weighted by molar-refractivity contribution is -0.192. The maximum absolute atomic E-state index is 11.1. The van der Waals surface area contributed by atoms with Gasteiger partial charge in [-0.3, -0.25) is 0 Å². The molecular weight excluding hydrogens is 220 g/mol. The summed E-state index contributed by atoms with van der Waals surface area (Å²) in [5.41, 5.74) is 0.883. The first kappa shape index (κ1) is 10.5. The first-order valence-electron chi connectivity index (χ1n) is 5.52. The summed E-state index contributed by atoms with van der Waals surface area (Å²) in [6.45, 7) is 0. The normalized spacial score (nSPS) is 35.5. The highest BCUT2D eigenvalue weighted by Gasteiger charge is 2.49. The van der Waals surface area contributed by atoms with Gasteiger partial charge in [-0.2, -0.15) is 0 Å². The fourth-order valence-electron chi connectivity index (χ4n) is 2.28. The maximum atomic E-state index is 11.1. The topological polar surface area (TPSA) is 55.8 Å². The van der Waals surface area contributed by atoms with Crippen molar-refractivity contribution in [1.29, 1.82) is 0 Å². The van der Waals surface area contributed by atoms with E-state index < -0.39 is 24.0 Å². The van der Waals surface area contributed by atoms with E-state index in [0.717, 1.165) is 5.56 Å². The van der Waals surface area contributed by atoms with Gasteiger partial charge in [0.1, 0.15) is 6.10 Å². The van der Waals surface area contributed by atoms with Gasteiger partial charge in [0.05, 0.1) is 6.10 Å². The molecule has 1 fully saturated rings. The Hall–Kier alpha value is -1.65. The Morgan fingerprint density at radius 1 is 1.29 bits per heavy atom. The molecule has 0 aromatic heterocycles. The molecule has 2 aliphatic rings. The van der Waals surface area contributed by atoms with Crippen LogP contribution in [0.3, 0.4) is 0 Å². The standard InChI is InChI=1S/C13H12O4/c14-10-8-13(7-6-11(15)16-13)17-12(10)9-4-2-1-3-5-9/h1-7,10,12,14H,8H2/t10-,12+,13?/m0/s1. The van der Waals surface area contributed by atoms with Gasteiger partial charge in [-0.05, 0) is 11.6 Å². The second-order valence-electron chi connectivity index (χ2n) is 4.29. The molecule has 3 atom stereocenters. The van der Waals surface area contributed by atoms with E-state index in [0.29, 0.717) is 0 Å². The minimum Gasteiger partial charge on any atom is -0.426 e. The average Bonchev–Trinajstić information content (AvgIpc) is 2.84. The van der Waals surface area contributed by atoms with E-state index in [1.807, 2.05) is 30.3 Å². The number of esters is 1. The fraction of sp³-hybridized carbons (Fsp3) is 0.308. The van der Waals surface area contributed by atoms with Crippen molar-refractivity contribution in [2.75, 3.05) is 0 Å². The van der Waals surface area contributed by atoms with Gasteiger partial charge in [-0.1, -0.05) is 30.3 Å². The van der Waals surface area contributed by atoms with Crippen LogP contribution < -0.4 is 0 Å². The van der Waals surface area contributed by atoms with Crippen LogP contribution in [0.4, 0.5) is 0 Å². The van der Waals surface area contributed by atoms with E-state index in [1.54, 1.807) is 6.08 Å². The smallest absolute Gasteiger partial charge is 0.333 e. The zero-order valence-corrected chi connectivity index (χ0v) is 9.08. The third-order valence-electron chi connectivity index (χ3n) is 3.04. The monoisotopic (exact) mass is 232 g/mol. The molecule has 3 rings (SSSR count). The number of carbonyl (C=O) groups is 1. The van der Waals surface area contributed by atoms with Gasteiger partial charge in [0.15, 0.2) is 0 Å². The Balaban J connectivity index is 1.86. The summed E-state index contributed by atoms with van der Waals surface area (Å²) in [6.07, 6.45) is 2.05. The van der Waals surface area contributed by atoms with Crippen LogP contribution in [-0.2, 0) is 14.3 Å². The molecule has 1 unspecified atom stereocenters. The molecule has 0 aliphatic carbocycles. The molecule has 0 bridgehead atoms. The van der Waals surface area contributed by atoms with Crippen molar-refractivity contribution in [2.45, 2.75) is 24.4 Å². The molecule has 4 heteroatoms. The molecule has 2 aliphatic heterocycles. The third-order valence-corrected chi connectivity index (χ3v) is 3.04. The number of aliphatic hydroxyl groups excluding tert-OH is 1. The van der Waals surface area contributed by atoms with E-state index in [-0.39, 0.29) is 6.42 Å². The Labute approximate surface area is 98.5 Å². The van der Waals surface area contributed by atoms with Gasteiger partial charge in [-0.15, -0.1) is 0 Å². The molecule has 1 spiro atoms. The van der Waals surface area contributed by atoms with Gasteiger partial charge in [0.25, 0.3) is 0 Å². The maximum Gasteiger partial charge on any atom is 0.333 e. The molecule has 2 heterocycles. The summed E-state index contributed by atoms with van der Waals surface area (Å²) in [6, 6.07) is 9.43. The molecule has 1 aromatic carbocycles. The van der Waals surface area contributed by atoms with E-state index in [1.165, 1.54) is 6.08 Å². The fourth-order valence-corrected chi connectivity index (χ4v) is 2.28. The number of benzene rings is 1. The van der Waals surface area contributed by atoms with E-state index in [2.05, 4.69) is 0 Å². The lowest BCUT2D eigenvalue weighted by Gasteiger charge is -2.20. The van der Waals surface area contributed by atoms with Crippen LogP contribution in [0.5, 0.6) is 0 Å². The highest BCUT2D eigenvalue weighted by atomic mass is 16.7. The lowest BCUT2D eigenvalue weighted by Crippen LogP contribution is -2.27. The van der Waals surface area contributed by atoms with E-state index >= 15 is 0 Å². The van der Waals surface area contributed by atoms with Crippen molar-refractivity contribution >= 4 is 5.97 Å². The zero-order chi connectivity index (χ0) is 11.9. The average molecular weight is 232 g/mol. The minimum absolute atomic E-state index is 0.273. The van der Waals surface area contributed by atoms with Crippen LogP contribution in [0.25, 0.3) is 0 Å². The van der Waals surface area contributed by atoms with Crippen molar-refractivity contribution in [3.63, 3.8) is 0 Å². The molecule has 17 heavy (non-hydrogen) atoms. The second kappa shape index (κ2) is 3.68. The minimum atomic E-state index is -1.07. The quantitative estimate of drug-likeness (QED) is 0.742. The van der Waals surface area contributed by atoms with Crippen molar-refractivity contribution in [2.24, 2.45) is 0 Å². The number of rotatable bonds is 1. The summed E-state index contributed by atoms with van der Waals surface area (Å²) >= 11 is 0. The second-order valence-corrected chi connectivity index (χ2v) is 4.29. The van der Waals surface area contributed by atoms with Crippen molar-refractivity contribution in [3.8, 4) is 0 Å². The summed E-state index contributed by atoms with van der Waals surface area (Å²) in [5, 5.41) is 10.0. The van der Waals surface area contributed by atoms with Gasteiger partial charge in [-0.25, -0.2) is 4.79 Å². The van der Waals surface area contributed by atoms with Crippen LogP contribution in [0, 0.1) is 0 Å². The molecule has 0 amide bonds. The lowest BCUT2D eigenvalue weighted by atomic mass is 10.0. The molecule has 88 valence electrons. The number of aliphatic hydroxyl groups is 1. The van der Waals surface area contributed by atoms with Crippen molar-refractivity contribution in [1.82, 2.24) is 0 Å².